The molecule has 126 valence electrons. The summed E-state index contributed by atoms with van der Waals surface area (Å²) in [7, 11) is 0. The second-order valence-electron chi connectivity index (χ2n) is 5.95. The van der Waals surface area contributed by atoms with Crippen LogP contribution in [0.1, 0.15) is 35.2 Å². The second kappa shape index (κ2) is 7.62. The third-order valence-electron chi connectivity index (χ3n) is 3.99. The summed E-state index contributed by atoms with van der Waals surface area (Å²) in [6.45, 7) is 7.97. The fourth-order valence-electron chi connectivity index (χ4n) is 2.54. The molecule has 1 unspecified atom stereocenters. The summed E-state index contributed by atoms with van der Waals surface area (Å²) in [5.41, 5.74) is 5.05. The van der Waals surface area contributed by atoms with Crippen molar-refractivity contribution in [3.8, 4) is 0 Å². The summed E-state index contributed by atoms with van der Waals surface area (Å²) in [6, 6.07) is 11.0. The first-order valence-electron chi connectivity index (χ1n) is 7.73. The van der Waals surface area contributed by atoms with Crippen molar-refractivity contribution in [1.82, 2.24) is 5.32 Å². The maximum Gasteiger partial charge on any atom is 0.313 e. The van der Waals surface area contributed by atoms with Crippen molar-refractivity contribution in [3.05, 3.63) is 63.1 Å². The van der Waals surface area contributed by atoms with Gasteiger partial charge in [-0.3, -0.25) is 9.59 Å². The molecule has 2 aromatic rings. The summed E-state index contributed by atoms with van der Waals surface area (Å²) in [6.07, 6.45) is 0. The number of hydrogen-bond acceptors (Lipinski definition) is 2. The number of rotatable bonds is 3. The molecule has 0 aliphatic carbocycles. The number of aryl methyl sites for hydroxylation is 3. The standard InChI is InChI=1S/C19H21BrN2O2/c1-11-8-13(3)17(9-12(11)2)14(4)21-18(23)19(24)22-16-7-5-6-15(20)10-16/h5-10,14H,1-4H3,(H,21,23)(H,22,24). The third-order valence-corrected chi connectivity index (χ3v) is 4.48. The number of amides is 2. The summed E-state index contributed by atoms with van der Waals surface area (Å²) in [5.74, 6) is -1.33. The number of hydrogen-bond donors (Lipinski definition) is 2. The van der Waals surface area contributed by atoms with E-state index in [0.29, 0.717) is 5.69 Å². The first-order chi connectivity index (χ1) is 11.3. The molecule has 0 bridgehead atoms. The van der Waals surface area contributed by atoms with Gasteiger partial charge in [0.1, 0.15) is 0 Å². The molecule has 24 heavy (non-hydrogen) atoms. The molecule has 0 aliphatic heterocycles. The molecule has 0 spiro atoms. The fraction of sp³-hybridized carbons (Fsp3) is 0.263. The zero-order chi connectivity index (χ0) is 17.9. The smallest absolute Gasteiger partial charge is 0.313 e. The Morgan fingerprint density at radius 2 is 1.62 bits per heavy atom. The molecule has 2 N–H and O–H groups in total. The van der Waals surface area contributed by atoms with Crippen LogP contribution in [0.15, 0.2) is 40.9 Å². The molecule has 2 aromatic carbocycles. The molecule has 0 fully saturated rings. The van der Waals surface area contributed by atoms with E-state index in [4.69, 9.17) is 0 Å². The minimum Gasteiger partial charge on any atom is -0.341 e. The van der Waals surface area contributed by atoms with Crippen LogP contribution in [0.25, 0.3) is 0 Å². The molecule has 0 saturated heterocycles. The molecule has 0 heterocycles. The number of carbonyl (C=O) groups excluding carboxylic acids is 2. The molecule has 0 aromatic heterocycles. The molecule has 2 rings (SSSR count). The maximum absolute atomic E-state index is 12.1. The van der Waals surface area contributed by atoms with Crippen LogP contribution in [0.3, 0.4) is 0 Å². The van der Waals surface area contributed by atoms with Crippen LogP contribution in [-0.2, 0) is 9.59 Å². The predicted octanol–water partition coefficient (Wildman–Crippen LogP) is 4.19. The summed E-state index contributed by atoms with van der Waals surface area (Å²) in [5, 5.41) is 5.35. The van der Waals surface area contributed by atoms with Crippen molar-refractivity contribution < 1.29 is 9.59 Å². The van der Waals surface area contributed by atoms with Crippen LogP contribution in [0.2, 0.25) is 0 Å². The lowest BCUT2D eigenvalue weighted by Gasteiger charge is -2.18. The Balaban J connectivity index is 2.06. The Bertz CT molecular complexity index is 787. The van der Waals surface area contributed by atoms with Crippen molar-refractivity contribution in [2.75, 3.05) is 5.32 Å². The average Bonchev–Trinajstić information content (AvgIpc) is 2.50. The van der Waals surface area contributed by atoms with Crippen molar-refractivity contribution in [2.45, 2.75) is 33.7 Å². The van der Waals surface area contributed by atoms with E-state index < -0.39 is 11.8 Å². The predicted molar refractivity (Wildman–Crippen MR) is 100.0 cm³/mol. The van der Waals surface area contributed by atoms with Crippen LogP contribution in [0.5, 0.6) is 0 Å². The quantitative estimate of drug-likeness (QED) is 0.774. The van der Waals surface area contributed by atoms with Gasteiger partial charge in [-0.2, -0.15) is 0 Å². The van der Waals surface area contributed by atoms with Gasteiger partial charge in [0, 0.05) is 10.2 Å². The Labute approximate surface area is 150 Å². The third kappa shape index (κ3) is 4.45. The second-order valence-corrected chi connectivity index (χ2v) is 6.87. The van der Waals surface area contributed by atoms with Gasteiger partial charge in [-0.1, -0.05) is 34.1 Å². The van der Waals surface area contributed by atoms with Crippen molar-refractivity contribution in [1.29, 1.82) is 0 Å². The Hall–Kier alpha value is -2.14. The van der Waals surface area contributed by atoms with E-state index in [1.807, 2.05) is 26.8 Å². The highest BCUT2D eigenvalue weighted by atomic mass is 79.9. The minimum absolute atomic E-state index is 0.245. The molecule has 0 aliphatic rings. The number of carbonyl (C=O) groups is 2. The van der Waals surface area contributed by atoms with Crippen molar-refractivity contribution >= 4 is 33.4 Å². The highest BCUT2D eigenvalue weighted by Crippen LogP contribution is 2.21. The fourth-order valence-corrected chi connectivity index (χ4v) is 2.94. The van der Waals surface area contributed by atoms with E-state index in [2.05, 4.69) is 45.6 Å². The van der Waals surface area contributed by atoms with Crippen LogP contribution in [0.4, 0.5) is 5.69 Å². The van der Waals surface area contributed by atoms with Gasteiger partial charge < -0.3 is 10.6 Å². The van der Waals surface area contributed by atoms with Crippen LogP contribution in [0, 0.1) is 20.8 Å². The van der Waals surface area contributed by atoms with E-state index in [0.717, 1.165) is 21.2 Å². The van der Waals surface area contributed by atoms with E-state index in [9.17, 15) is 9.59 Å². The maximum atomic E-state index is 12.1. The molecule has 5 heteroatoms. The molecular weight excluding hydrogens is 368 g/mol. The Morgan fingerprint density at radius 3 is 2.29 bits per heavy atom. The lowest BCUT2D eigenvalue weighted by molar-refractivity contribution is -0.136. The highest BCUT2D eigenvalue weighted by molar-refractivity contribution is 9.10. The summed E-state index contributed by atoms with van der Waals surface area (Å²) >= 11 is 3.33. The lowest BCUT2D eigenvalue weighted by Crippen LogP contribution is -2.37. The first kappa shape index (κ1) is 18.2. The van der Waals surface area contributed by atoms with Gasteiger partial charge in [0.15, 0.2) is 0 Å². The minimum atomic E-state index is -0.679. The monoisotopic (exact) mass is 388 g/mol. The van der Waals surface area contributed by atoms with Crippen LogP contribution >= 0.6 is 15.9 Å². The zero-order valence-corrected chi connectivity index (χ0v) is 15.8. The molecule has 0 radical (unpaired) electrons. The number of halogens is 1. The lowest BCUT2D eigenvalue weighted by atomic mass is 9.96. The number of benzene rings is 2. The molecule has 0 saturated carbocycles. The molecule has 1 atom stereocenters. The topological polar surface area (TPSA) is 58.2 Å². The summed E-state index contributed by atoms with van der Waals surface area (Å²) in [4.78, 5) is 24.2. The van der Waals surface area contributed by atoms with Gasteiger partial charge in [0.05, 0.1) is 6.04 Å². The van der Waals surface area contributed by atoms with Gasteiger partial charge in [-0.05, 0) is 68.1 Å². The molecule has 4 nitrogen and oxygen atoms in total. The largest absolute Gasteiger partial charge is 0.341 e. The number of anilines is 1. The van der Waals surface area contributed by atoms with Gasteiger partial charge >= 0.3 is 11.8 Å². The first-order valence-corrected chi connectivity index (χ1v) is 8.52. The Morgan fingerprint density at radius 1 is 0.958 bits per heavy atom. The average molecular weight is 389 g/mol. The van der Waals surface area contributed by atoms with E-state index in [1.54, 1.807) is 18.2 Å². The van der Waals surface area contributed by atoms with E-state index >= 15 is 0 Å². The molecular formula is C19H21BrN2O2. The van der Waals surface area contributed by atoms with Crippen LogP contribution < -0.4 is 10.6 Å². The van der Waals surface area contributed by atoms with Gasteiger partial charge in [0.2, 0.25) is 0 Å². The molecule has 2 amide bonds. The summed E-state index contributed by atoms with van der Waals surface area (Å²) < 4.78 is 0.833. The van der Waals surface area contributed by atoms with Crippen molar-refractivity contribution in [2.24, 2.45) is 0 Å². The van der Waals surface area contributed by atoms with Gasteiger partial charge in [-0.15, -0.1) is 0 Å². The van der Waals surface area contributed by atoms with E-state index in [-0.39, 0.29) is 6.04 Å². The highest BCUT2D eigenvalue weighted by Gasteiger charge is 2.18. The normalized spacial score (nSPS) is 11.7. The van der Waals surface area contributed by atoms with Gasteiger partial charge in [0.25, 0.3) is 0 Å². The SMILES string of the molecule is Cc1cc(C)c(C(C)NC(=O)C(=O)Nc2cccc(Br)c2)cc1C. The van der Waals surface area contributed by atoms with Gasteiger partial charge in [-0.25, -0.2) is 0 Å². The van der Waals surface area contributed by atoms with Crippen LogP contribution in [-0.4, -0.2) is 11.8 Å². The number of nitrogens with one attached hydrogen (secondary N) is 2. The van der Waals surface area contributed by atoms with Crippen molar-refractivity contribution in [3.63, 3.8) is 0 Å². The van der Waals surface area contributed by atoms with E-state index in [1.165, 1.54) is 5.56 Å². The zero-order valence-electron chi connectivity index (χ0n) is 14.2. The Kier molecular flexibility index (Phi) is 5.78.